The van der Waals surface area contributed by atoms with Gasteiger partial charge < -0.3 is 4.74 Å². The Morgan fingerprint density at radius 3 is 2.65 bits per heavy atom. The number of ether oxygens (including phenoxy) is 1. The van der Waals surface area contributed by atoms with Crippen molar-refractivity contribution in [1.82, 2.24) is 4.98 Å². The molecule has 1 heterocycles. The quantitative estimate of drug-likeness (QED) is 0.480. The molecule has 104 valence electrons. The molecule has 0 aliphatic rings. The van der Waals surface area contributed by atoms with E-state index in [0.717, 1.165) is 11.4 Å². The molecule has 0 unspecified atom stereocenters. The number of hydrogen-bond donors (Lipinski definition) is 0. The Labute approximate surface area is 119 Å². The van der Waals surface area contributed by atoms with Crippen LogP contribution in [0.1, 0.15) is 28.0 Å². The van der Waals surface area contributed by atoms with Gasteiger partial charge in [0.2, 0.25) is 0 Å². The Morgan fingerprint density at radius 2 is 2.10 bits per heavy atom. The molecule has 2 rings (SSSR count). The van der Waals surface area contributed by atoms with Gasteiger partial charge in [0.05, 0.1) is 21.2 Å². The van der Waals surface area contributed by atoms with Crippen LogP contribution in [0, 0.1) is 10.1 Å². The molecule has 6 nitrogen and oxygen atoms in total. The zero-order chi connectivity index (χ0) is 14.5. The Bertz CT molecular complexity index is 622. The van der Waals surface area contributed by atoms with E-state index in [-0.39, 0.29) is 17.9 Å². The fourth-order valence-electron chi connectivity index (χ4n) is 1.52. The zero-order valence-corrected chi connectivity index (χ0v) is 11.6. The summed E-state index contributed by atoms with van der Waals surface area (Å²) in [6.07, 6.45) is 0.848. The largest absolute Gasteiger partial charge is 0.456 e. The summed E-state index contributed by atoms with van der Waals surface area (Å²) in [7, 11) is 0. The number of benzene rings is 1. The number of nitro groups is 1. The molecule has 1 aromatic heterocycles. The Hall–Kier alpha value is -2.28. The number of hydrogen-bond acceptors (Lipinski definition) is 6. The summed E-state index contributed by atoms with van der Waals surface area (Å²) in [4.78, 5) is 26.0. The van der Waals surface area contributed by atoms with Crippen LogP contribution in [-0.2, 0) is 17.8 Å². The lowest BCUT2D eigenvalue weighted by molar-refractivity contribution is -0.384. The molecule has 0 atom stereocenters. The van der Waals surface area contributed by atoms with Crippen LogP contribution >= 0.6 is 11.3 Å². The standard InChI is InChI=1S/C13H12N2O4S/c1-2-12-14-10(8-20-12)7-19-13(16)9-3-5-11(6-4-9)15(17)18/h3-6,8H,2,7H2,1H3. The van der Waals surface area contributed by atoms with Crippen LogP contribution in [0.4, 0.5) is 5.69 Å². The highest BCUT2D eigenvalue weighted by Crippen LogP contribution is 2.14. The Kier molecular flexibility index (Phi) is 4.41. The first-order chi connectivity index (χ1) is 9.60. The van der Waals surface area contributed by atoms with E-state index < -0.39 is 10.9 Å². The van der Waals surface area contributed by atoms with Crippen LogP contribution in [0.5, 0.6) is 0 Å². The van der Waals surface area contributed by atoms with Crippen molar-refractivity contribution in [3.05, 3.63) is 56.0 Å². The highest BCUT2D eigenvalue weighted by molar-refractivity contribution is 7.09. The van der Waals surface area contributed by atoms with Crippen LogP contribution in [0.15, 0.2) is 29.6 Å². The van der Waals surface area contributed by atoms with Gasteiger partial charge in [0.15, 0.2) is 0 Å². The van der Waals surface area contributed by atoms with E-state index in [1.165, 1.54) is 35.6 Å². The Morgan fingerprint density at radius 1 is 1.40 bits per heavy atom. The molecule has 20 heavy (non-hydrogen) atoms. The molecule has 0 aliphatic carbocycles. The van der Waals surface area contributed by atoms with E-state index >= 15 is 0 Å². The van der Waals surface area contributed by atoms with Crippen molar-refractivity contribution in [2.24, 2.45) is 0 Å². The summed E-state index contributed by atoms with van der Waals surface area (Å²) in [5.74, 6) is -0.522. The van der Waals surface area contributed by atoms with E-state index in [4.69, 9.17) is 4.74 Å². The van der Waals surface area contributed by atoms with Crippen LogP contribution < -0.4 is 0 Å². The second-order valence-electron chi connectivity index (χ2n) is 3.97. The van der Waals surface area contributed by atoms with Gasteiger partial charge in [-0.1, -0.05) is 6.92 Å². The second-order valence-corrected chi connectivity index (χ2v) is 4.91. The minimum atomic E-state index is -0.522. The molecular formula is C13H12N2O4S. The van der Waals surface area contributed by atoms with E-state index in [0.29, 0.717) is 5.69 Å². The van der Waals surface area contributed by atoms with E-state index in [2.05, 4.69) is 4.98 Å². The van der Waals surface area contributed by atoms with Crippen LogP contribution in [0.2, 0.25) is 0 Å². The fourth-order valence-corrected chi connectivity index (χ4v) is 2.25. The topological polar surface area (TPSA) is 82.3 Å². The van der Waals surface area contributed by atoms with Gasteiger partial charge in [-0.15, -0.1) is 11.3 Å². The molecule has 0 saturated carbocycles. The molecule has 0 amide bonds. The summed E-state index contributed by atoms with van der Waals surface area (Å²) < 4.78 is 5.11. The van der Waals surface area contributed by atoms with Crippen LogP contribution in [0.3, 0.4) is 0 Å². The van der Waals surface area contributed by atoms with Gasteiger partial charge in [0.1, 0.15) is 6.61 Å². The maximum atomic E-state index is 11.8. The lowest BCUT2D eigenvalue weighted by atomic mass is 10.2. The lowest BCUT2D eigenvalue weighted by Gasteiger charge is -2.02. The molecule has 0 bridgehead atoms. The number of esters is 1. The number of nitrogens with zero attached hydrogens (tertiary/aromatic N) is 2. The summed E-state index contributed by atoms with van der Waals surface area (Å²) >= 11 is 1.52. The van der Waals surface area contributed by atoms with Gasteiger partial charge in [0.25, 0.3) is 5.69 Å². The molecule has 0 radical (unpaired) electrons. The number of carbonyl (C=O) groups is 1. The molecule has 0 aliphatic heterocycles. The SMILES string of the molecule is CCc1nc(COC(=O)c2ccc([N+](=O)[O-])cc2)cs1. The summed E-state index contributed by atoms with van der Waals surface area (Å²) in [6.45, 7) is 2.11. The third kappa shape index (κ3) is 3.39. The van der Waals surface area contributed by atoms with E-state index in [1.54, 1.807) is 0 Å². The maximum Gasteiger partial charge on any atom is 0.338 e. The number of non-ortho nitro benzene ring substituents is 1. The average molecular weight is 292 g/mol. The van der Waals surface area contributed by atoms with E-state index in [1.807, 2.05) is 12.3 Å². The normalized spacial score (nSPS) is 10.2. The zero-order valence-electron chi connectivity index (χ0n) is 10.7. The van der Waals surface area contributed by atoms with Crippen molar-refractivity contribution in [1.29, 1.82) is 0 Å². The third-order valence-electron chi connectivity index (χ3n) is 2.57. The maximum absolute atomic E-state index is 11.8. The van der Waals surface area contributed by atoms with Crippen molar-refractivity contribution in [3.8, 4) is 0 Å². The molecule has 0 fully saturated rings. The molecular weight excluding hydrogens is 280 g/mol. The molecule has 0 spiro atoms. The van der Waals surface area contributed by atoms with Gasteiger partial charge in [-0.05, 0) is 18.6 Å². The predicted molar refractivity (Wildman–Crippen MR) is 73.7 cm³/mol. The molecule has 1 aromatic carbocycles. The number of carbonyl (C=O) groups excluding carboxylic acids is 1. The van der Waals surface area contributed by atoms with E-state index in [9.17, 15) is 14.9 Å². The monoisotopic (exact) mass is 292 g/mol. The summed E-state index contributed by atoms with van der Waals surface area (Å²) in [5, 5.41) is 13.3. The minimum absolute atomic E-state index is 0.0614. The highest BCUT2D eigenvalue weighted by Gasteiger charge is 2.11. The molecule has 0 N–H and O–H groups in total. The fraction of sp³-hybridized carbons (Fsp3) is 0.231. The molecule has 2 aromatic rings. The first-order valence-electron chi connectivity index (χ1n) is 5.95. The van der Waals surface area contributed by atoms with Crippen LogP contribution in [0.25, 0.3) is 0 Å². The summed E-state index contributed by atoms with van der Waals surface area (Å²) in [6, 6.07) is 5.29. The highest BCUT2D eigenvalue weighted by atomic mass is 32.1. The van der Waals surface area contributed by atoms with Gasteiger partial charge in [-0.2, -0.15) is 0 Å². The molecule has 7 heteroatoms. The van der Waals surface area contributed by atoms with Crippen molar-refractivity contribution >= 4 is 23.0 Å². The van der Waals surface area contributed by atoms with Crippen molar-refractivity contribution in [2.75, 3.05) is 0 Å². The van der Waals surface area contributed by atoms with Gasteiger partial charge in [-0.25, -0.2) is 9.78 Å². The average Bonchev–Trinajstić information content (AvgIpc) is 2.93. The second kappa shape index (κ2) is 6.25. The number of nitro benzene ring substituents is 1. The number of aromatic nitrogens is 1. The minimum Gasteiger partial charge on any atom is -0.456 e. The third-order valence-corrected chi connectivity index (χ3v) is 3.61. The van der Waals surface area contributed by atoms with Crippen molar-refractivity contribution < 1.29 is 14.5 Å². The first kappa shape index (κ1) is 14.1. The number of aryl methyl sites for hydroxylation is 1. The van der Waals surface area contributed by atoms with Gasteiger partial charge in [0, 0.05) is 17.5 Å². The van der Waals surface area contributed by atoms with Crippen molar-refractivity contribution in [2.45, 2.75) is 20.0 Å². The first-order valence-corrected chi connectivity index (χ1v) is 6.83. The number of rotatable bonds is 5. The van der Waals surface area contributed by atoms with Crippen LogP contribution in [-0.4, -0.2) is 15.9 Å². The molecule has 0 saturated heterocycles. The Balaban J connectivity index is 1.96. The summed E-state index contributed by atoms with van der Waals surface area (Å²) in [5.41, 5.74) is 0.928. The predicted octanol–water partition coefficient (Wildman–Crippen LogP) is 2.97. The smallest absolute Gasteiger partial charge is 0.338 e. The lowest BCUT2D eigenvalue weighted by Crippen LogP contribution is -2.05. The van der Waals surface area contributed by atoms with Crippen molar-refractivity contribution in [3.63, 3.8) is 0 Å². The van der Waals surface area contributed by atoms with Gasteiger partial charge >= 0.3 is 5.97 Å². The van der Waals surface area contributed by atoms with Gasteiger partial charge in [-0.3, -0.25) is 10.1 Å². The number of thiazole rings is 1.